The maximum Gasteiger partial charge on any atom is 0.264 e. The van der Waals surface area contributed by atoms with Crippen molar-refractivity contribution in [2.24, 2.45) is 0 Å². The lowest BCUT2D eigenvalue weighted by Gasteiger charge is -2.34. The van der Waals surface area contributed by atoms with Crippen LogP contribution in [0.15, 0.2) is 114 Å². The van der Waals surface area contributed by atoms with E-state index in [0.29, 0.717) is 0 Å². The van der Waals surface area contributed by atoms with Crippen molar-refractivity contribution in [3.63, 3.8) is 0 Å². The lowest BCUT2D eigenvalue weighted by molar-refractivity contribution is -0.140. The number of anilines is 1. The highest BCUT2D eigenvalue weighted by Crippen LogP contribution is 2.25. The van der Waals surface area contributed by atoms with Crippen LogP contribution in [0.4, 0.5) is 10.1 Å². The number of hydrogen-bond acceptors (Lipinski definition) is 4. The second-order valence-electron chi connectivity index (χ2n) is 10.7. The van der Waals surface area contributed by atoms with Crippen LogP contribution in [-0.2, 0) is 32.6 Å². The summed E-state index contributed by atoms with van der Waals surface area (Å²) in [6.45, 7) is 5.09. The van der Waals surface area contributed by atoms with Gasteiger partial charge >= 0.3 is 0 Å². The Kier molecular flexibility index (Phi) is 10.3. The lowest BCUT2D eigenvalue weighted by atomic mass is 10.0. The van der Waals surface area contributed by atoms with Crippen LogP contribution in [0.3, 0.4) is 0 Å². The summed E-state index contributed by atoms with van der Waals surface area (Å²) >= 11 is 0. The van der Waals surface area contributed by atoms with Crippen molar-refractivity contribution in [3.8, 4) is 0 Å². The van der Waals surface area contributed by atoms with Gasteiger partial charge in [0.05, 0.1) is 10.6 Å². The minimum absolute atomic E-state index is 0.0178. The van der Waals surface area contributed by atoms with Gasteiger partial charge in [-0.15, -0.1) is 0 Å². The summed E-state index contributed by atoms with van der Waals surface area (Å²) in [5.74, 6) is -1.47. The van der Waals surface area contributed by atoms with Gasteiger partial charge in [-0.05, 0) is 68.3 Å². The maximum absolute atomic E-state index is 14.3. The number of carbonyl (C=O) groups excluding carboxylic acids is 2. The molecule has 0 aliphatic rings. The average Bonchev–Trinajstić information content (AvgIpc) is 2.98. The number of hydrogen-bond donors (Lipinski definition) is 1. The largest absolute Gasteiger partial charge is 0.352 e. The normalized spacial score (nSPS) is 12.0. The lowest BCUT2D eigenvalue weighted by Crippen LogP contribution is -2.54. The Balaban J connectivity index is 1.79. The zero-order chi connectivity index (χ0) is 31.0. The Morgan fingerprint density at radius 1 is 0.814 bits per heavy atom. The Morgan fingerprint density at radius 3 is 2.02 bits per heavy atom. The molecule has 0 heterocycles. The van der Waals surface area contributed by atoms with Crippen LogP contribution >= 0.6 is 0 Å². The summed E-state index contributed by atoms with van der Waals surface area (Å²) in [6, 6.07) is 28.5. The van der Waals surface area contributed by atoms with Gasteiger partial charge < -0.3 is 10.2 Å². The van der Waals surface area contributed by atoms with Crippen LogP contribution in [0.1, 0.15) is 30.5 Å². The average molecular weight is 602 g/mol. The van der Waals surface area contributed by atoms with E-state index in [-0.39, 0.29) is 35.5 Å². The second kappa shape index (κ2) is 14.1. The van der Waals surface area contributed by atoms with Crippen molar-refractivity contribution in [1.82, 2.24) is 10.2 Å². The van der Waals surface area contributed by atoms with Gasteiger partial charge in [0.25, 0.3) is 10.0 Å². The van der Waals surface area contributed by atoms with Gasteiger partial charge in [-0.2, -0.15) is 0 Å². The van der Waals surface area contributed by atoms with E-state index in [2.05, 4.69) is 5.32 Å². The molecule has 0 aliphatic carbocycles. The molecule has 4 rings (SSSR count). The standard InChI is InChI=1S/C34H36FN3O4S/c1-25(2)36-34(40)32(22-27-12-6-4-7-13-27)37(23-28-14-10-11-26(3)21-28)33(39)24-38(30-19-17-29(35)18-20-30)43(41,42)31-15-8-5-9-16-31/h4-21,25,32H,22-24H2,1-3H3,(H,36,40)/t32-/m0/s1. The van der Waals surface area contributed by atoms with Gasteiger partial charge in [0.1, 0.15) is 18.4 Å². The molecule has 0 fully saturated rings. The SMILES string of the molecule is Cc1cccc(CN(C(=O)CN(c2ccc(F)cc2)S(=O)(=O)c2ccccc2)[C@@H](Cc2ccccc2)C(=O)NC(C)C)c1. The minimum Gasteiger partial charge on any atom is -0.352 e. The van der Waals surface area contributed by atoms with Gasteiger partial charge in [-0.1, -0.05) is 78.4 Å². The third-order valence-corrected chi connectivity index (χ3v) is 8.65. The van der Waals surface area contributed by atoms with Crippen LogP contribution in [0.25, 0.3) is 0 Å². The number of benzene rings is 4. The first-order chi connectivity index (χ1) is 20.5. The quantitative estimate of drug-likeness (QED) is 0.233. The molecule has 0 unspecified atom stereocenters. The van der Waals surface area contributed by atoms with E-state index in [9.17, 15) is 22.4 Å². The van der Waals surface area contributed by atoms with E-state index >= 15 is 0 Å². The molecule has 0 saturated heterocycles. The van der Waals surface area contributed by atoms with Crippen molar-refractivity contribution >= 4 is 27.5 Å². The Hall–Kier alpha value is -4.50. The van der Waals surface area contributed by atoms with Crippen molar-refractivity contribution in [1.29, 1.82) is 0 Å². The van der Waals surface area contributed by atoms with Gasteiger partial charge in [-0.3, -0.25) is 13.9 Å². The summed E-state index contributed by atoms with van der Waals surface area (Å²) < 4.78 is 42.6. The van der Waals surface area contributed by atoms with E-state index in [4.69, 9.17) is 0 Å². The summed E-state index contributed by atoms with van der Waals surface area (Å²) in [7, 11) is -4.24. The van der Waals surface area contributed by atoms with Gasteiger partial charge in [0, 0.05) is 19.0 Å². The molecule has 1 atom stereocenters. The number of carbonyl (C=O) groups is 2. The molecule has 0 aliphatic heterocycles. The number of amides is 2. The number of nitrogens with one attached hydrogen (secondary N) is 1. The molecule has 0 radical (unpaired) electrons. The van der Waals surface area contributed by atoms with Crippen molar-refractivity contribution in [2.45, 2.75) is 50.7 Å². The maximum atomic E-state index is 14.3. The van der Waals surface area contributed by atoms with Crippen molar-refractivity contribution in [3.05, 3.63) is 132 Å². The smallest absolute Gasteiger partial charge is 0.264 e. The Morgan fingerprint density at radius 2 is 1.42 bits per heavy atom. The highest BCUT2D eigenvalue weighted by atomic mass is 32.2. The highest BCUT2D eigenvalue weighted by Gasteiger charge is 2.34. The van der Waals surface area contributed by atoms with E-state index in [1.54, 1.807) is 18.2 Å². The fourth-order valence-electron chi connectivity index (χ4n) is 4.80. The van der Waals surface area contributed by atoms with Crippen molar-refractivity contribution < 1.29 is 22.4 Å². The number of rotatable bonds is 12. The zero-order valence-corrected chi connectivity index (χ0v) is 25.3. The number of sulfonamides is 1. The topological polar surface area (TPSA) is 86.8 Å². The predicted molar refractivity (Wildman–Crippen MR) is 166 cm³/mol. The van der Waals surface area contributed by atoms with E-state index in [0.717, 1.165) is 33.1 Å². The predicted octanol–water partition coefficient (Wildman–Crippen LogP) is 5.49. The third kappa shape index (κ3) is 8.29. The Bertz CT molecular complexity index is 1630. The van der Waals surface area contributed by atoms with E-state index in [1.807, 2.05) is 75.4 Å². The molecule has 4 aromatic rings. The third-order valence-electron chi connectivity index (χ3n) is 6.86. The monoisotopic (exact) mass is 601 g/mol. The second-order valence-corrected chi connectivity index (χ2v) is 12.5. The molecule has 0 saturated carbocycles. The van der Waals surface area contributed by atoms with Crippen LogP contribution < -0.4 is 9.62 Å². The molecule has 0 spiro atoms. The van der Waals surface area contributed by atoms with Crippen LogP contribution in [0, 0.1) is 12.7 Å². The fourth-order valence-corrected chi connectivity index (χ4v) is 6.23. The van der Waals surface area contributed by atoms with Gasteiger partial charge in [0.2, 0.25) is 11.8 Å². The van der Waals surface area contributed by atoms with Crippen LogP contribution in [0.5, 0.6) is 0 Å². The Labute approximate surface area is 253 Å². The summed E-state index contributed by atoms with van der Waals surface area (Å²) in [6.07, 6.45) is 0.221. The van der Waals surface area contributed by atoms with Crippen LogP contribution in [-0.4, -0.2) is 43.8 Å². The first-order valence-electron chi connectivity index (χ1n) is 14.1. The van der Waals surface area contributed by atoms with Crippen molar-refractivity contribution in [2.75, 3.05) is 10.8 Å². The van der Waals surface area contributed by atoms with E-state index < -0.39 is 34.3 Å². The fraction of sp³-hybridized carbons (Fsp3) is 0.235. The number of aryl methyl sites for hydroxylation is 1. The molecule has 0 aromatic heterocycles. The molecule has 9 heteroatoms. The number of halogens is 1. The number of nitrogens with zero attached hydrogens (tertiary/aromatic N) is 2. The molecular formula is C34H36FN3O4S. The molecule has 224 valence electrons. The molecule has 7 nitrogen and oxygen atoms in total. The molecule has 1 N–H and O–H groups in total. The summed E-state index contributed by atoms with van der Waals surface area (Å²) in [5, 5.41) is 2.94. The summed E-state index contributed by atoms with van der Waals surface area (Å²) in [4.78, 5) is 29.5. The van der Waals surface area contributed by atoms with Gasteiger partial charge in [0.15, 0.2) is 0 Å². The van der Waals surface area contributed by atoms with Gasteiger partial charge in [-0.25, -0.2) is 12.8 Å². The first kappa shape index (κ1) is 31.4. The first-order valence-corrected chi connectivity index (χ1v) is 15.5. The summed E-state index contributed by atoms with van der Waals surface area (Å²) in [5.41, 5.74) is 2.75. The molecule has 2 amide bonds. The molecule has 4 aromatic carbocycles. The zero-order valence-electron chi connectivity index (χ0n) is 24.5. The van der Waals surface area contributed by atoms with E-state index in [1.165, 1.54) is 29.2 Å². The molecule has 0 bridgehead atoms. The molecule has 43 heavy (non-hydrogen) atoms. The van der Waals surface area contributed by atoms with Crippen LogP contribution in [0.2, 0.25) is 0 Å². The minimum atomic E-state index is -4.24. The molecular weight excluding hydrogens is 565 g/mol. The highest BCUT2D eigenvalue weighted by molar-refractivity contribution is 7.92.